The lowest BCUT2D eigenvalue weighted by Gasteiger charge is -2.22. The number of thiophene rings is 1. The number of nitrogens with one attached hydrogen (secondary N) is 2. The summed E-state index contributed by atoms with van der Waals surface area (Å²) in [6.07, 6.45) is 0. The Hall–Kier alpha value is -2.34. The molecule has 0 spiro atoms. The molecule has 1 atom stereocenters. The lowest BCUT2D eigenvalue weighted by atomic mass is 10.1. The van der Waals surface area contributed by atoms with E-state index in [1.807, 2.05) is 41.8 Å². The Morgan fingerprint density at radius 2 is 1.96 bits per heavy atom. The van der Waals surface area contributed by atoms with Crippen molar-refractivity contribution in [1.82, 2.24) is 10.2 Å². The number of carbonyl (C=O) groups excluding carboxylic acids is 2. The van der Waals surface area contributed by atoms with Crippen LogP contribution < -0.4 is 10.6 Å². The van der Waals surface area contributed by atoms with Crippen molar-refractivity contribution in [3.05, 3.63) is 41.8 Å². The molecule has 1 aromatic carbocycles. The van der Waals surface area contributed by atoms with Crippen molar-refractivity contribution >= 4 is 29.0 Å². The molecule has 122 valence electrons. The number of para-hydroxylation sites is 1. The summed E-state index contributed by atoms with van der Waals surface area (Å²) in [5.41, 5.74) is 1.75. The van der Waals surface area contributed by atoms with E-state index in [4.69, 9.17) is 0 Å². The summed E-state index contributed by atoms with van der Waals surface area (Å²) in [7, 11) is 3.28. The van der Waals surface area contributed by atoms with Gasteiger partial charge in [0.05, 0.1) is 11.6 Å². The zero-order chi connectivity index (χ0) is 16.8. The maximum Gasteiger partial charge on any atom is 0.321 e. The third-order valence-electron chi connectivity index (χ3n) is 3.54. The summed E-state index contributed by atoms with van der Waals surface area (Å²) in [5.74, 6) is -0.341. The van der Waals surface area contributed by atoms with Crippen LogP contribution in [0.3, 0.4) is 0 Å². The number of hydrogen-bond acceptors (Lipinski definition) is 3. The van der Waals surface area contributed by atoms with Crippen LogP contribution in [-0.4, -0.2) is 37.5 Å². The monoisotopic (exact) mass is 331 g/mol. The summed E-state index contributed by atoms with van der Waals surface area (Å²) in [4.78, 5) is 26.6. The van der Waals surface area contributed by atoms with E-state index in [0.717, 1.165) is 16.1 Å². The van der Waals surface area contributed by atoms with E-state index in [1.54, 1.807) is 32.4 Å². The lowest BCUT2D eigenvalue weighted by molar-refractivity contribution is -0.124. The van der Waals surface area contributed by atoms with Crippen LogP contribution >= 0.6 is 11.3 Å². The summed E-state index contributed by atoms with van der Waals surface area (Å²) in [5, 5.41) is 7.52. The molecule has 2 rings (SSSR count). The molecule has 0 aliphatic rings. The molecular weight excluding hydrogens is 310 g/mol. The van der Waals surface area contributed by atoms with Crippen LogP contribution in [0.5, 0.6) is 0 Å². The average Bonchev–Trinajstić information content (AvgIpc) is 3.08. The van der Waals surface area contributed by atoms with Crippen LogP contribution in [0, 0.1) is 5.92 Å². The van der Waals surface area contributed by atoms with Crippen molar-refractivity contribution in [2.24, 2.45) is 5.92 Å². The summed E-state index contributed by atoms with van der Waals surface area (Å²) in [6, 6.07) is 11.5. The van der Waals surface area contributed by atoms with E-state index >= 15 is 0 Å². The fourth-order valence-electron chi connectivity index (χ4n) is 2.27. The Kier molecular flexibility index (Phi) is 5.76. The topological polar surface area (TPSA) is 61.4 Å². The molecule has 1 heterocycles. The van der Waals surface area contributed by atoms with Crippen LogP contribution in [0.1, 0.15) is 6.92 Å². The van der Waals surface area contributed by atoms with Gasteiger partial charge in [-0.25, -0.2) is 4.79 Å². The number of amides is 3. The standard InChI is InChI=1S/C17H21N3O2S/c1-12(16(21)18-2)11-20(3)17(22)19-14-8-5-4-7-13(14)15-9-6-10-23-15/h4-10,12H,11H2,1-3H3,(H,18,21)(H,19,22). The first-order valence-electron chi connectivity index (χ1n) is 7.39. The number of rotatable bonds is 5. The third-order valence-corrected chi connectivity index (χ3v) is 4.45. The molecule has 0 saturated carbocycles. The maximum atomic E-state index is 12.4. The molecule has 1 aromatic heterocycles. The number of hydrogen-bond donors (Lipinski definition) is 2. The Balaban J connectivity index is 2.07. The van der Waals surface area contributed by atoms with Gasteiger partial charge in [-0.05, 0) is 17.5 Å². The highest BCUT2D eigenvalue weighted by Crippen LogP contribution is 2.31. The Bertz CT molecular complexity index is 670. The highest BCUT2D eigenvalue weighted by atomic mass is 32.1. The van der Waals surface area contributed by atoms with Crippen molar-refractivity contribution in [1.29, 1.82) is 0 Å². The third kappa shape index (κ3) is 4.32. The molecule has 0 aliphatic heterocycles. The summed E-state index contributed by atoms with van der Waals surface area (Å²) >= 11 is 1.63. The van der Waals surface area contributed by atoms with Gasteiger partial charge < -0.3 is 15.5 Å². The number of urea groups is 1. The van der Waals surface area contributed by atoms with E-state index in [1.165, 1.54) is 4.90 Å². The molecule has 0 fully saturated rings. The SMILES string of the molecule is CNC(=O)C(C)CN(C)C(=O)Nc1ccccc1-c1cccs1. The second-order valence-electron chi connectivity index (χ2n) is 5.35. The summed E-state index contributed by atoms with van der Waals surface area (Å²) in [6.45, 7) is 2.15. The highest BCUT2D eigenvalue weighted by Gasteiger charge is 2.18. The Labute approximate surface area is 140 Å². The minimum atomic E-state index is -0.261. The quantitative estimate of drug-likeness (QED) is 0.883. The molecule has 2 N–H and O–H groups in total. The van der Waals surface area contributed by atoms with Crippen molar-refractivity contribution in [3.8, 4) is 10.4 Å². The van der Waals surface area contributed by atoms with Crippen LogP contribution in [-0.2, 0) is 4.79 Å². The van der Waals surface area contributed by atoms with Crippen LogP contribution in [0.15, 0.2) is 41.8 Å². The number of anilines is 1. The summed E-state index contributed by atoms with van der Waals surface area (Å²) < 4.78 is 0. The minimum absolute atomic E-state index is 0.0800. The predicted molar refractivity (Wildman–Crippen MR) is 94.6 cm³/mol. The first kappa shape index (κ1) is 17.0. The first-order valence-corrected chi connectivity index (χ1v) is 8.27. The van der Waals surface area contributed by atoms with Crippen molar-refractivity contribution in [2.45, 2.75) is 6.92 Å². The smallest absolute Gasteiger partial charge is 0.321 e. The maximum absolute atomic E-state index is 12.4. The van der Waals surface area contributed by atoms with Gasteiger partial charge in [-0.3, -0.25) is 4.79 Å². The molecule has 5 nitrogen and oxygen atoms in total. The number of benzene rings is 1. The second-order valence-corrected chi connectivity index (χ2v) is 6.30. The number of carbonyl (C=O) groups is 2. The van der Waals surface area contributed by atoms with Gasteiger partial charge in [0.15, 0.2) is 0 Å². The van der Waals surface area contributed by atoms with Gasteiger partial charge in [-0.15, -0.1) is 11.3 Å². The van der Waals surface area contributed by atoms with Gasteiger partial charge >= 0.3 is 6.03 Å². The molecule has 2 aromatic rings. The van der Waals surface area contributed by atoms with E-state index < -0.39 is 0 Å². The van der Waals surface area contributed by atoms with Gasteiger partial charge in [0.1, 0.15) is 0 Å². The van der Waals surface area contributed by atoms with Gasteiger partial charge in [-0.1, -0.05) is 31.2 Å². The zero-order valence-electron chi connectivity index (χ0n) is 13.5. The van der Waals surface area contributed by atoms with Gasteiger partial charge in [0.2, 0.25) is 5.91 Å². The van der Waals surface area contributed by atoms with E-state index in [2.05, 4.69) is 10.6 Å². The molecule has 23 heavy (non-hydrogen) atoms. The zero-order valence-corrected chi connectivity index (χ0v) is 14.3. The van der Waals surface area contributed by atoms with Crippen LogP contribution in [0.4, 0.5) is 10.5 Å². The largest absolute Gasteiger partial charge is 0.359 e. The molecule has 6 heteroatoms. The van der Waals surface area contributed by atoms with Gasteiger partial charge in [0.25, 0.3) is 0 Å². The lowest BCUT2D eigenvalue weighted by Crippen LogP contribution is -2.39. The van der Waals surface area contributed by atoms with Crippen molar-refractivity contribution < 1.29 is 9.59 Å². The predicted octanol–water partition coefficient (Wildman–Crippen LogP) is 3.26. The second kappa shape index (κ2) is 7.78. The van der Waals surface area contributed by atoms with E-state index in [0.29, 0.717) is 6.54 Å². The highest BCUT2D eigenvalue weighted by molar-refractivity contribution is 7.13. The molecule has 0 saturated heterocycles. The van der Waals surface area contributed by atoms with Crippen LogP contribution in [0.25, 0.3) is 10.4 Å². The molecule has 0 aliphatic carbocycles. The minimum Gasteiger partial charge on any atom is -0.359 e. The number of nitrogens with zero attached hydrogens (tertiary/aromatic N) is 1. The average molecular weight is 331 g/mol. The molecule has 0 radical (unpaired) electrons. The van der Waals surface area contributed by atoms with Crippen molar-refractivity contribution in [2.75, 3.05) is 26.0 Å². The first-order chi connectivity index (χ1) is 11.0. The van der Waals surface area contributed by atoms with Gasteiger partial charge in [0, 0.05) is 31.1 Å². The molecule has 0 bridgehead atoms. The van der Waals surface area contributed by atoms with E-state index in [9.17, 15) is 9.59 Å². The van der Waals surface area contributed by atoms with Crippen LogP contribution in [0.2, 0.25) is 0 Å². The van der Waals surface area contributed by atoms with E-state index in [-0.39, 0.29) is 17.9 Å². The fourth-order valence-corrected chi connectivity index (χ4v) is 3.04. The van der Waals surface area contributed by atoms with Crippen molar-refractivity contribution in [3.63, 3.8) is 0 Å². The normalized spacial score (nSPS) is 11.6. The fraction of sp³-hybridized carbons (Fsp3) is 0.294. The molecule has 3 amide bonds. The molecular formula is C17H21N3O2S. The van der Waals surface area contributed by atoms with Gasteiger partial charge in [-0.2, -0.15) is 0 Å². The Morgan fingerprint density at radius 3 is 2.61 bits per heavy atom. The molecule has 1 unspecified atom stereocenters. The Morgan fingerprint density at radius 1 is 1.22 bits per heavy atom.